The molecule has 1 N–H and O–H groups in total. The minimum atomic E-state index is -0.495. The van der Waals surface area contributed by atoms with Crippen LogP contribution < -0.4 is 4.90 Å². The Bertz CT molecular complexity index is 865. The van der Waals surface area contributed by atoms with E-state index in [0.717, 1.165) is 36.1 Å². The zero-order valence-corrected chi connectivity index (χ0v) is 18.7. The number of aliphatic hydroxyl groups excluding tert-OH is 1. The zero-order chi connectivity index (χ0) is 22.2. The van der Waals surface area contributed by atoms with E-state index >= 15 is 0 Å². The maximum Gasteiger partial charge on any atom is 0.414 e. The number of carbonyl (C=O) groups excluding carboxylic acids is 2. The van der Waals surface area contributed by atoms with Crippen LogP contribution in [0.4, 0.5) is 10.5 Å². The SMILES string of the molecule is CCCCC[C@H](O)c1ccc(N2C(=O)OCC2COCc2ccc(C(=O)OC)s2)cc1. The van der Waals surface area contributed by atoms with Crippen LogP contribution in [0.25, 0.3) is 0 Å². The third kappa shape index (κ3) is 6.06. The number of hydrogen-bond donors (Lipinski definition) is 1. The minimum absolute atomic E-state index is 0.243. The molecule has 3 rings (SSSR count). The first-order chi connectivity index (χ1) is 15.0. The second kappa shape index (κ2) is 11.3. The van der Waals surface area contributed by atoms with Crippen LogP contribution in [-0.2, 0) is 20.8 Å². The van der Waals surface area contributed by atoms with Gasteiger partial charge in [-0.2, -0.15) is 0 Å². The number of ether oxygens (including phenoxy) is 3. The number of carbonyl (C=O) groups is 2. The summed E-state index contributed by atoms with van der Waals surface area (Å²) in [5.74, 6) is -0.365. The number of benzene rings is 1. The van der Waals surface area contributed by atoms with Crippen LogP contribution in [0.15, 0.2) is 36.4 Å². The minimum Gasteiger partial charge on any atom is -0.465 e. The van der Waals surface area contributed by atoms with Crippen molar-refractivity contribution in [2.45, 2.75) is 51.4 Å². The number of esters is 1. The van der Waals surface area contributed by atoms with Crippen molar-refractivity contribution >= 4 is 29.1 Å². The molecule has 1 saturated heterocycles. The highest BCUT2D eigenvalue weighted by Crippen LogP contribution is 2.27. The fourth-order valence-corrected chi connectivity index (χ4v) is 4.34. The molecule has 0 saturated carbocycles. The van der Waals surface area contributed by atoms with Gasteiger partial charge in [-0.3, -0.25) is 4.90 Å². The van der Waals surface area contributed by atoms with E-state index in [0.29, 0.717) is 23.8 Å². The third-order valence-electron chi connectivity index (χ3n) is 5.20. The normalized spacial score (nSPS) is 16.9. The number of hydrogen-bond acceptors (Lipinski definition) is 7. The Morgan fingerprint density at radius 1 is 1.26 bits per heavy atom. The van der Waals surface area contributed by atoms with Gasteiger partial charge in [0.05, 0.1) is 32.5 Å². The molecule has 1 unspecified atom stereocenters. The number of aliphatic hydroxyl groups is 1. The monoisotopic (exact) mass is 447 g/mol. The van der Waals surface area contributed by atoms with Crippen LogP contribution in [0, 0.1) is 0 Å². The maximum atomic E-state index is 12.3. The molecule has 2 atom stereocenters. The van der Waals surface area contributed by atoms with E-state index in [-0.39, 0.29) is 18.6 Å². The molecule has 0 radical (unpaired) electrons. The summed E-state index contributed by atoms with van der Waals surface area (Å²) < 4.78 is 15.7. The molecule has 0 spiro atoms. The van der Waals surface area contributed by atoms with Gasteiger partial charge < -0.3 is 19.3 Å². The van der Waals surface area contributed by atoms with Gasteiger partial charge in [-0.05, 0) is 36.2 Å². The Morgan fingerprint density at radius 3 is 2.74 bits per heavy atom. The summed E-state index contributed by atoms with van der Waals surface area (Å²) in [4.78, 5) is 26.8. The van der Waals surface area contributed by atoms with Gasteiger partial charge in [0.25, 0.3) is 0 Å². The first kappa shape index (κ1) is 23.2. The predicted octanol–water partition coefficient (Wildman–Crippen LogP) is 4.69. The first-order valence-electron chi connectivity index (χ1n) is 10.5. The summed E-state index contributed by atoms with van der Waals surface area (Å²) in [5, 5.41) is 10.3. The highest BCUT2D eigenvalue weighted by molar-refractivity contribution is 7.13. The van der Waals surface area contributed by atoms with Gasteiger partial charge in [0, 0.05) is 10.6 Å². The van der Waals surface area contributed by atoms with Crippen molar-refractivity contribution < 1.29 is 28.9 Å². The smallest absolute Gasteiger partial charge is 0.414 e. The van der Waals surface area contributed by atoms with E-state index in [4.69, 9.17) is 14.2 Å². The molecule has 2 heterocycles. The van der Waals surface area contributed by atoms with Crippen LogP contribution in [0.2, 0.25) is 0 Å². The lowest BCUT2D eigenvalue weighted by Crippen LogP contribution is -2.36. The summed E-state index contributed by atoms with van der Waals surface area (Å²) in [7, 11) is 1.35. The van der Waals surface area contributed by atoms with Crippen molar-refractivity contribution in [2.24, 2.45) is 0 Å². The summed E-state index contributed by atoms with van der Waals surface area (Å²) in [6.07, 6.45) is 3.04. The Balaban J connectivity index is 1.55. The quantitative estimate of drug-likeness (QED) is 0.397. The van der Waals surface area contributed by atoms with Crippen LogP contribution in [-0.4, -0.2) is 43.5 Å². The van der Waals surface area contributed by atoms with E-state index < -0.39 is 12.2 Å². The highest BCUT2D eigenvalue weighted by atomic mass is 32.1. The Kier molecular flexibility index (Phi) is 8.45. The van der Waals surface area contributed by atoms with Crippen LogP contribution >= 0.6 is 11.3 Å². The lowest BCUT2D eigenvalue weighted by molar-refractivity contribution is 0.0606. The third-order valence-corrected chi connectivity index (χ3v) is 6.24. The average Bonchev–Trinajstić information content (AvgIpc) is 3.40. The van der Waals surface area contributed by atoms with Gasteiger partial charge in [-0.1, -0.05) is 38.3 Å². The second-order valence-electron chi connectivity index (χ2n) is 7.48. The number of nitrogens with zero attached hydrogens (tertiary/aromatic N) is 1. The van der Waals surface area contributed by atoms with Crippen molar-refractivity contribution in [2.75, 3.05) is 25.2 Å². The lowest BCUT2D eigenvalue weighted by Gasteiger charge is -2.22. The van der Waals surface area contributed by atoms with E-state index in [1.807, 2.05) is 30.3 Å². The molecule has 0 aliphatic carbocycles. The molecule has 31 heavy (non-hydrogen) atoms. The van der Waals surface area contributed by atoms with Crippen molar-refractivity contribution in [3.63, 3.8) is 0 Å². The maximum absolute atomic E-state index is 12.3. The summed E-state index contributed by atoms with van der Waals surface area (Å²) >= 11 is 1.32. The fraction of sp³-hybridized carbons (Fsp3) is 0.478. The number of amides is 1. The van der Waals surface area contributed by atoms with E-state index in [2.05, 4.69) is 6.92 Å². The molecule has 1 aromatic carbocycles. The van der Waals surface area contributed by atoms with Gasteiger partial charge in [0.1, 0.15) is 11.5 Å². The molecular weight excluding hydrogens is 418 g/mol. The largest absolute Gasteiger partial charge is 0.465 e. The predicted molar refractivity (Wildman–Crippen MR) is 118 cm³/mol. The molecule has 2 aromatic rings. The van der Waals surface area contributed by atoms with Gasteiger partial charge in [-0.15, -0.1) is 11.3 Å². The molecule has 168 valence electrons. The van der Waals surface area contributed by atoms with Gasteiger partial charge >= 0.3 is 12.1 Å². The molecule has 1 aliphatic heterocycles. The standard InChI is InChI=1S/C23H29NO6S/c1-3-4-5-6-20(25)16-7-9-17(10-8-16)24-18(14-30-23(24)27)13-29-15-19-11-12-21(31-19)22(26)28-2/h7-12,18,20,25H,3-6,13-15H2,1-2H3/t18?,20-/m0/s1. The van der Waals surface area contributed by atoms with Crippen LogP contribution in [0.1, 0.15) is 58.8 Å². The summed E-state index contributed by atoms with van der Waals surface area (Å²) in [5.41, 5.74) is 1.56. The van der Waals surface area contributed by atoms with Crippen LogP contribution in [0.5, 0.6) is 0 Å². The number of thiophene rings is 1. The molecule has 1 aromatic heterocycles. The Labute approximate surface area is 186 Å². The Hall–Kier alpha value is -2.42. The molecule has 1 aliphatic rings. The van der Waals surface area contributed by atoms with Crippen LogP contribution in [0.3, 0.4) is 0 Å². The second-order valence-corrected chi connectivity index (χ2v) is 8.64. The number of cyclic esters (lactones) is 1. The van der Waals surface area contributed by atoms with Gasteiger partial charge in [-0.25, -0.2) is 9.59 Å². The summed E-state index contributed by atoms with van der Waals surface area (Å²) in [6, 6.07) is 10.7. The van der Waals surface area contributed by atoms with Crippen molar-refractivity contribution in [1.82, 2.24) is 0 Å². The first-order valence-corrected chi connectivity index (χ1v) is 11.3. The van der Waals surface area contributed by atoms with E-state index in [1.165, 1.54) is 18.4 Å². The average molecular weight is 448 g/mol. The zero-order valence-electron chi connectivity index (χ0n) is 17.9. The molecule has 7 nitrogen and oxygen atoms in total. The molecule has 0 bridgehead atoms. The highest BCUT2D eigenvalue weighted by Gasteiger charge is 2.34. The number of anilines is 1. The fourth-order valence-electron chi connectivity index (χ4n) is 3.47. The molecule has 1 fully saturated rings. The topological polar surface area (TPSA) is 85.3 Å². The molecular formula is C23H29NO6S. The molecule has 8 heteroatoms. The van der Waals surface area contributed by atoms with Gasteiger partial charge in [0.2, 0.25) is 0 Å². The number of rotatable bonds is 11. The number of unbranched alkanes of at least 4 members (excludes halogenated alkanes) is 2. The van der Waals surface area contributed by atoms with Crippen molar-refractivity contribution in [3.8, 4) is 0 Å². The summed E-state index contributed by atoms with van der Waals surface area (Å²) in [6.45, 7) is 3.02. The van der Waals surface area contributed by atoms with E-state index in [9.17, 15) is 14.7 Å². The number of methoxy groups -OCH3 is 1. The lowest BCUT2D eigenvalue weighted by atomic mass is 10.0. The van der Waals surface area contributed by atoms with Gasteiger partial charge in [0.15, 0.2) is 0 Å². The van der Waals surface area contributed by atoms with Crippen molar-refractivity contribution in [3.05, 3.63) is 51.7 Å². The van der Waals surface area contributed by atoms with Crippen molar-refractivity contribution in [1.29, 1.82) is 0 Å². The molecule has 1 amide bonds. The Morgan fingerprint density at radius 2 is 2.03 bits per heavy atom. The van der Waals surface area contributed by atoms with E-state index in [1.54, 1.807) is 11.0 Å².